The number of rotatable bonds is 3. The second-order valence-electron chi connectivity index (χ2n) is 6.54. The zero-order valence-corrected chi connectivity index (χ0v) is 14.1. The van der Waals surface area contributed by atoms with Gasteiger partial charge >= 0.3 is 0 Å². The number of para-hydroxylation sites is 1. The molecule has 5 rings (SSSR count). The van der Waals surface area contributed by atoms with Gasteiger partial charge in [-0.25, -0.2) is 4.98 Å². The molecule has 3 aromatic heterocycles. The topological polar surface area (TPSA) is 78.2 Å². The minimum Gasteiger partial charge on any atom is -0.332 e. The normalized spacial score (nSPS) is 14.6. The Balaban J connectivity index is 1.86. The quantitative estimate of drug-likeness (QED) is 0.575. The van der Waals surface area contributed by atoms with Crippen molar-refractivity contribution in [2.24, 2.45) is 0 Å². The van der Waals surface area contributed by atoms with Gasteiger partial charge in [0.05, 0.1) is 11.0 Å². The van der Waals surface area contributed by atoms with Gasteiger partial charge in [0.1, 0.15) is 11.8 Å². The van der Waals surface area contributed by atoms with Crippen molar-refractivity contribution in [3.63, 3.8) is 0 Å². The van der Waals surface area contributed by atoms with Crippen molar-refractivity contribution in [1.29, 1.82) is 0 Å². The molecule has 1 saturated carbocycles. The summed E-state index contributed by atoms with van der Waals surface area (Å²) in [6, 6.07) is 5.99. The summed E-state index contributed by atoms with van der Waals surface area (Å²) in [6.07, 6.45) is 3.85. The van der Waals surface area contributed by atoms with Crippen molar-refractivity contribution in [3.05, 3.63) is 46.3 Å². The van der Waals surface area contributed by atoms with Gasteiger partial charge in [0, 0.05) is 12.5 Å². The SMILES string of the molecule is CCn1c(=O)c2c(-c3nc(C4CC4)no3)ncn2c2cccc(C)c21. The molecule has 0 radical (unpaired) electrons. The average Bonchev–Trinajstić information content (AvgIpc) is 3.18. The van der Waals surface area contributed by atoms with E-state index in [4.69, 9.17) is 4.52 Å². The van der Waals surface area contributed by atoms with Crippen LogP contribution in [0.3, 0.4) is 0 Å². The van der Waals surface area contributed by atoms with Gasteiger partial charge in [0.25, 0.3) is 11.4 Å². The van der Waals surface area contributed by atoms with E-state index < -0.39 is 0 Å². The first-order valence-corrected chi connectivity index (χ1v) is 8.52. The maximum Gasteiger partial charge on any atom is 0.278 e. The summed E-state index contributed by atoms with van der Waals surface area (Å²) < 4.78 is 9.01. The van der Waals surface area contributed by atoms with E-state index in [1.807, 2.05) is 36.4 Å². The molecule has 3 heterocycles. The largest absolute Gasteiger partial charge is 0.332 e. The molecule has 0 unspecified atom stereocenters. The highest BCUT2D eigenvalue weighted by molar-refractivity contribution is 5.85. The van der Waals surface area contributed by atoms with Crippen LogP contribution >= 0.6 is 0 Å². The molecule has 0 N–H and O–H groups in total. The first-order chi connectivity index (χ1) is 12.2. The van der Waals surface area contributed by atoms with Gasteiger partial charge in [-0.2, -0.15) is 4.98 Å². The zero-order chi connectivity index (χ0) is 17.1. The molecule has 0 atom stereocenters. The van der Waals surface area contributed by atoms with E-state index in [1.165, 1.54) is 0 Å². The lowest BCUT2D eigenvalue weighted by Crippen LogP contribution is -2.22. The van der Waals surface area contributed by atoms with E-state index in [0.717, 1.165) is 29.4 Å². The number of fused-ring (bicyclic) bond motifs is 3. The van der Waals surface area contributed by atoms with Crippen LogP contribution in [0.15, 0.2) is 33.8 Å². The van der Waals surface area contributed by atoms with E-state index in [2.05, 4.69) is 15.1 Å². The Kier molecular flexibility index (Phi) is 2.89. The first kappa shape index (κ1) is 14.4. The summed E-state index contributed by atoms with van der Waals surface area (Å²) in [7, 11) is 0. The molecule has 0 amide bonds. The van der Waals surface area contributed by atoms with Gasteiger partial charge in [-0.1, -0.05) is 17.3 Å². The fourth-order valence-electron chi connectivity index (χ4n) is 3.45. The molecule has 0 spiro atoms. The lowest BCUT2D eigenvalue weighted by Gasteiger charge is -2.12. The number of benzene rings is 1. The monoisotopic (exact) mass is 335 g/mol. The summed E-state index contributed by atoms with van der Waals surface area (Å²) in [5.74, 6) is 1.42. The predicted octanol–water partition coefficient (Wildman–Crippen LogP) is 2.90. The highest BCUT2D eigenvalue weighted by atomic mass is 16.5. The van der Waals surface area contributed by atoms with E-state index in [9.17, 15) is 4.79 Å². The summed E-state index contributed by atoms with van der Waals surface area (Å²) in [5.41, 5.74) is 3.76. The van der Waals surface area contributed by atoms with Crippen molar-refractivity contribution in [2.45, 2.75) is 39.2 Å². The van der Waals surface area contributed by atoms with Crippen LogP contribution in [0.1, 0.15) is 37.1 Å². The van der Waals surface area contributed by atoms with Crippen LogP contribution in [0.2, 0.25) is 0 Å². The molecule has 4 aromatic rings. The van der Waals surface area contributed by atoms with Gasteiger partial charge in [0.2, 0.25) is 0 Å². The molecule has 1 fully saturated rings. The fourth-order valence-corrected chi connectivity index (χ4v) is 3.45. The van der Waals surface area contributed by atoms with Crippen LogP contribution in [0.25, 0.3) is 28.1 Å². The molecular formula is C18H17N5O2. The lowest BCUT2D eigenvalue weighted by molar-refractivity contribution is 0.422. The number of hydrogen-bond donors (Lipinski definition) is 0. The molecule has 0 bridgehead atoms. The van der Waals surface area contributed by atoms with Crippen molar-refractivity contribution in [2.75, 3.05) is 0 Å². The Bertz CT molecular complexity index is 1180. The molecule has 0 saturated heterocycles. The Labute approximate surface area is 142 Å². The number of aromatic nitrogens is 5. The standard InChI is InChI=1S/C18H17N5O2/c1-3-22-14-10(2)5-4-6-12(14)23-9-19-13(15(23)18(22)24)17-20-16(21-25-17)11-7-8-11/h4-6,9,11H,3,7-8H2,1-2H3. The van der Waals surface area contributed by atoms with Crippen LogP contribution in [0.4, 0.5) is 0 Å². The van der Waals surface area contributed by atoms with Gasteiger partial charge in [0.15, 0.2) is 11.5 Å². The van der Waals surface area contributed by atoms with E-state index in [-0.39, 0.29) is 5.56 Å². The minimum atomic E-state index is -0.0945. The second-order valence-corrected chi connectivity index (χ2v) is 6.54. The predicted molar refractivity (Wildman–Crippen MR) is 92.6 cm³/mol. The van der Waals surface area contributed by atoms with Crippen molar-refractivity contribution in [1.82, 2.24) is 24.1 Å². The van der Waals surface area contributed by atoms with Crippen LogP contribution in [0, 0.1) is 6.92 Å². The van der Waals surface area contributed by atoms with Crippen molar-refractivity contribution >= 4 is 16.6 Å². The Hall–Kier alpha value is -2.96. The molecule has 7 nitrogen and oxygen atoms in total. The Morgan fingerprint density at radius 3 is 2.88 bits per heavy atom. The molecule has 25 heavy (non-hydrogen) atoms. The summed E-state index contributed by atoms with van der Waals surface area (Å²) >= 11 is 0. The fraction of sp³-hybridized carbons (Fsp3) is 0.333. The van der Waals surface area contributed by atoms with Crippen LogP contribution in [-0.4, -0.2) is 24.1 Å². The minimum absolute atomic E-state index is 0.0945. The summed E-state index contributed by atoms with van der Waals surface area (Å²) in [5, 5.41) is 4.05. The summed E-state index contributed by atoms with van der Waals surface area (Å²) in [4.78, 5) is 22.0. The second kappa shape index (κ2) is 5.02. The molecule has 0 aliphatic heterocycles. The van der Waals surface area contributed by atoms with Gasteiger partial charge in [-0.05, 0) is 38.3 Å². The summed E-state index contributed by atoms with van der Waals surface area (Å²) in [6.45, 7) is 4.56. The molecule has 126 valence electrons. The Morgan fingerprint density at radius 2 is 2.12 bits per heavy atom. The zero-order valence-electron chi connectivity index (χ0n) is 14.1. The van der Waals surface area contributed by atoms with E-state index in [1.54, 1.807) is 10.9 Å². The molecule has 1 aliphatic carbocycles. The number of imidazole rings is 1. The first-order valence-electron chi connectivity index (χ1n) is 8.52. The van der Waals surface area contributed by atoms with Crippen LogP contribution in [0.5, 0.6) is 0 Å². The number of hydrogen-bond acceptors (Lipinski definition) is 5. The number of aryl methyl sites for hydroxylation is 2. The van der Waals surface area contributed by atoms with Crippen LogP contribution < -0.4 is 5.56 Å². The third-order valence-electron chi connectivity index (χ3n) is 4.86. The maximum absolute atomic E-state index is 13.1. The van der Waals surface area contributed by atoms with Gasteiger partial charge in [-0.15, -0.1) is 0 Å². The highest BCUT2D eigenvalue weighted by Crippen LogP contribution is 2.39. The Morgan fingerprint density at radius 1 is 1.28 bits per heavy atom. The number of nitrogens with zero attached hydrogens (tertiary/aromatic N) is 5. The molecule has 7 heteroatoms. The van der Waals surface area contributed by atoms with E-state index >= 15 is 0 Å². The highest BCUT2D eigenvalue weighted by Gasteiger charge is 2.30. The third kappa shape index (κ3) is 1.98. The van der Waals surface area contributed by atoms with E-state index in [0.29, 0.717) is 35.4 Å². The van der Waals surface area contributed by atoms with Crippen LogP contribution in [-0.2, 0) is 6.54 Å². The molecular weight excluding hydrogens is 318 g/mol. The van der Waals surface area contributed by atoms with Crippen molar-refractivity contribution in [3.8, 4) is 11.6 Å². The maximum atomic E-state index is 13.1. The smallest absolute Gasteiger partial charge is 0.278 e. The van der Waals surface area contributed by atoms with Gasteiger partial charge in [-0.3, -0.25) is 9.20 Å². The molecule has 1 aliphatic rings. The molecule has 1 aromatic carbocycles. The lowest BCUT2D eigenvalue weighted by atomic mass is 10.2. The van der Waals surface area contributed by atoms with Crippen molar-refractivity contribution < 1.29 is 4.52 Å². The van der Waals surface area contributed by atoms with Gasteiger partial charge < -0.3 is 9.09 Å². The third-order valence-corrected chi connectivity index (χ3v) is 4.86. The average molecular weight is 335 g/mol.